The van der Waals surface area contributed by atoms with Crippen molar-refractivity contribution in [1.29, 1.82) is 0 Å². The molecule has 0 spiro atoms. The molecular weight excluding hydrogens is 359 g/mol. The van der Waals surface area contributed by atoms with E-state index in [2.05, 4.69) is 5.10 Å². The van der Waals surface area contributed by atoms with Gasteiger partial charge in [-0.2, -0.15) is 5.10 Å². The van der Waals surface area contributed by atoms with Gasteiger partial charge in [-0.3, -0.25) is 5.01 Å². The molecule has 0 aliphatic carbocycles. The number of rotatable bonds is 3. The number of benzene rings is 2. The molecule has 2 aromatic carbocycles. The summed E-state index contributed by atoms with van der Waals surface area (Å²) in [5, 5.41) is 16.4. The Balaban J connectivity index is 2.06. The lowest BCUT2D eigenvalue weighted by Gasteiger charge is -2.25. The van der Waals surface area contributed by atoms with Crippen molar-refractivity contribution in [2.24, 2.45) is 5.10 Å². The topological polar surface area (TPSA) is 52.9 Å². The van der Waals surface area contributed by atoms with Gasteiger partial charge in [-0.15, -0.1) is 0 Å². The molecule has 1 N–H and O–H groups in total. The highest BCUT2D eigenvalue weighted by Gasteiger charge is 2.33. The molecule has 0 aromatic heterocycles. The molecule has 2 aromatic rings. The largest absolute Gasteiger partial charge is 0.477 e. The molecule has 0 saturated carbocycles. The lowest BCUT2D eigenvalue weighted by Crippen LogP contribution is -2.19. The first-order valence-corrected chi connectivity index (χ1v) is 7.90. The van der Waals surface area contributed by atoms with Gasteiger partial charge in [0.05, 0.1) is 21.8 Å². The molecule has 0 amide bonds. The Bertz CT molecular complexity index is 790. The highest BCUT2D eigenvalue weighted by molar-refractivity contribution is 6.44. The number of hydrogen-bond donors (Lipinski definition) is 1. The Kier molecular flexibility index (Phi) is 4.48. The lowest BCUT2D eigenvalue weighted by molar-refractivity contribution is -0.129. The number of anilines is 1. The predicted molar refractivity (Wildman–Crippen MR) is 92.8 cm³/mol. The first-order chi connectivity index (χ1) is 11.0. The third-order valence-corrected chi connectivity index (χ3v) is 4.65. The molecule has 0 fully saturated rings. The van der Waals surface area contributed by atoms with E-state index in [4.69, 9.17) is 34.8 Å². The SMILES string of the molecule is O=C(O)C1=NN(c2cccc(Cl)c2Cl)C(c2ccc(Cl)cc2)C1. The van der Waals surface area contributed by atoms with Crippen molar-refractivity contribution in [3.63, 3.8) is 0 Å². The predicted octanol–water partition coefficient (Wildman–Crippen LogP) is 5.04. The molecule has 1 aliphatic rings. The van der Waals surface area contributed by atoms with Crippen molar-refractivity contribution in [2.45, 2.75) is 12.5 Å². The zero-order valence-corrected chi connectivity index (χ0v) is 14.0. The summed E-state index contributed by atoms with van der Waals surface area (Å²) >= 11 is 18.3. The fourth-order valence-electron chi connectivity index (χ4n) is 2.48. The Morgan fingerprint density at radius 1 is 1.13 bits per heavy atom. The number of hydrogen-bond acceptors (Lipinski definition) is 3. The molecule has 1 atom stereocenters. The summed E-state index contributed by atoms with van der Waals surface area (Å²) in [4.78, 5) is 11.3. The van der Waals surface area contributed by atoms with Crippen LogP contribution in [0.15, 0.2) is 47.6 Å². The summed E-state index contributed by atoms with van der Waals surface area (Å²) in [5.41, 5.74) is 1.53. The van der Waals surface area contributed by atoms with Crippen LogP contribution in [-0.4, -0.2) is 16.8 Å². The molecule has 0 bridgehead atoms. The van der Waals surface area contributed by atoms with Gasteiger partial charge in [0.25, 0.3) is 0 Å². The molecule has 0 saturated heterocycles. The minimum absolute atomic E-state index is 0.0704. The van der Waals surface area contributed by atoms with Gasteiger partial charge in [-0.1, -0.05) is 53.0 Å². The average Bonchev–Trinajstić information content (AvgIpc) is 2.96. The minimum atomic E-state index is -1.05. The van der Waals surface area contributed by atoms with Gasteiger partial charge in [0.2, 0.25) is 0 Å². The van der Waals surface area contributed by atoms with Crippen molar-refractivity contribution in [3.05, 3.63) is 63.1 Å². The standard InChI is InChI=1S/C16H11Cl3N2O2/c17-10-6-4-9(5-7-10)14-8-12(16(22)23)20-21(14)13-3-1-2-11(18)15(13)19/h1-7,14H,8H2,(H,22,23). The van der Waals surface area contributed by atoms with Crippen molar-refractivity contribution < 1.29 is 9.90 Å². The summed E-state index contributed by atoms with van der Waals surface area (Å²) in [6.45, 7) is 0. The third-order valence-electron chi connectivity index (χ3n) is 3.59. The maximum atomic E-state index is 11.3. The molecular formula is C16H11Cl3N2O2. The summed E-state index contributed by atoms with van der Waals surface area (Å²) < 4.78 is 0. The zero-order chi connectivity index (χ0) is 16.6. The smallest absolute Gasteiger partial charge is 0.352 e. The van der Waals surface area contributed by atoms with Gasteiger partial charge < -0.3 is 5.11 Å². The fraction of sp³-hybridized carbons (Fsp3) is 0.125. The second-order valence-corrected chi connectivity index (χ2v) is 6.26. The van der Waals surface area contributed by atoms with E-state index in [0.717, 1.165) is 5.56 Å². The molecule has 1 unspecified atom stereocenters. The lowest BCUT2D eigenvalue weighted by atomic mass is 10.0. The van der Waals surface area contributed by atoms with E-state index in [9.17, 15) is 9.90 Å². The summed E-state index contributed by atoms with van der Waals surface area (Å²) in [7, 11) is 0. The third kappa shape index (κ3) is 3.15. The Morgan fingerprint density at radius 2 is 1.83 bits per heavy atom. The normalized spacial score (nSPS) is 17.3. The first-order valence-electron chi connectivity index (χ1n) is 6.77. The fourth-order valence-corrected chi connectivity index (χ4v) is 2.98. The second kappa shape index (κ2) is 6.40. The molecule has 0 radical (unpaired) electrons. The highest BCUT2D eigenvalue weighted by atomic mass is 35.5. The van der Waals surface area contributed by atoms with E-state index < -0.39 is 5.97 Å². The highest BCUT2D eigenvalue weighted by Crippen LogP contribution is 2.41. The van der Waals surface area contributed by atoms with Crippen LogP contribution in [0, 0.1) is 0 Å². The van der Waals surface area contributed by atoms with Gasteiger partial charge in [-0.25, -0.2) is 4.79 Å². The first kappa shape index (κ1) is 16.1. The van der Waals surface area contributed by atoms with E-state index in [-0.39, 0.29) is 18.2 Å². The van der Waals surface area contributed by atoms with Gasteiger partial charge in [-0.05, 0) is 29.8 Å². The average molecular weight is 370 g/mol. The monoisotopic (exact) mass is 368 g/mol. The number of nitrogens with zero attached hydrogens (tertiary/aromatic N) is 2. The van der Waals surface area contributed by atoms with Crippen LogP contribution in [-0.2, 0) is 4.79 Å². The van der Waals surface area contributed by atoms with Crippen LogP contribution >= 0.6 is 34.8 Å². The number of aliphatic carboxylic acids is 1. The van der Waals surface area contributed by atoms with Gasteiger partial charge in [0.1, 0.15) is 5.71 Å². The Morgan fingerprint density at radius 3 is 2.48 bits per heavy atom. The number of carboxylic acid groups (broad SMARTS) is 1. The van der Waals surface area contributed by atoms with Crippen molar-refractivity contribution >= 4 is 52.2 Å². The minimum Gasteiger partial charge on any atom is -0.477 e. The molecule has 7 heteroatoms. The van der Waals surface area contributed by atoms with Crippen molar-refractivity contribution in [1.82, 2.24) is 0 Å². The number of carbonyl (C=O) groups is 1. The molecule has 4 nitrogen and oxygen atoms in total. The molecule has 1 heterocycles. The molecule has 118 valence electrons. The van der Waals surface area contributed by atoms with Crippen LogP contribution < -0.4 is 5.01 Å². The van der Waals surface area contributed by atoms with E-state index >= 15 is 0 Å². The van der Waals surface area contributed by atoms with E-state index in [1.54, 1.807) is 35.3 Å². The van der Waals surface area contributed by atoms with Crippen LogP contribution in [0.1, 0.15) is 18.0 Å². The number of hydrazone groups is 1. The van der Waals surface area contributed by atoms with Crippen LogP contribution in [0.3, 0.4) is 0 Å². The zero-order valence-electron chi connectivity index (χ0n) is 11.7. The van der Waals surface area contributed by atoms with E-state index in [1.807, 2.05) is 12.1 Å². The molecule has 1 aliphatic heterocycles. The van der Waals surface area contributed by atoms with Crippen LogP contribution in [0.25, 0.3) is 0 Å². The van der Waals surface area contributed by atoms with Crippen LogP contribution in [0.2, 0.25) is 15.1 Å². The number of halogens is 3. The van der Waals surface area contributed by atoms with Crippen LogP contribution in [0.4, 0.5) is 5.69 Å². The quantitative estimate of drug-likeness (QED) is 0.824. The molecule has 23 heavy (non-hydrogen) atoms. The van der Waals surface area contributed by atoms with Gasteiger partial charge in [0, 0.05) is 11.4 Å². The van der Waals surface area contributed by atoms with E-state index in [1.165, 1.54) is 0 Å². The van der Waals surface area contributed by atoms with Crippen molar-refractivity contribution in [3.8, 4) is 0 Å². The Labute approximate surface area is 147 Å². The second-order valence-electron chi connectivity index (χ2n) is 5.04. The summed E-state index contributed by atoms with van der Waals surface area (Å²) in [6.07, 6.45) is 0.264. The van der Waals surface area contributed by atoms with Gasteiger partial charge >= 0.3 is 5.97 Å². The Hall–Kier alpha value is -1.75. The van der Waals surface area contributed by atoms with E-state index in [0.29, 0.717) is 20.8 Å². The molecule has 3 rings (SSSR count). The van der Waals surface area contributed by atoms with Crippen molar-refractivity contribution in [2.75, 3.05) is 5.01 Å². The summed E-state index contributed by atoms with van der Waals surface area (Å²) in [6, 6.07) is 12.1. The summed E-state index contributed by atoms with van der Waals surface area (Å²) in [5.74, 6) is -1.05. The van der Waals surface area contributed by atoms with Gasteiger partial charge in [0.15, 0.2) is 0 Å². The maximum Gasteiger partial charge on any atom is 0.352 e. The van der Waals surface area contributed by atoms with Crippen LogP contribution in [0.5, 0.6) is 0 Å². The maximum absolute atomic E-state index is 11.3. The number of carboxylic acids is 1.